The van der Waals surface area contributed by atoms with Crippen molar-refractivity contribution in [3.63, 3.8) is 0 Å². The van der Waals surface area contributed by atoms with Crippen molar-refractivity contribution in [2.24, 2.45) is 23.2 Å². The summed E-state index contributed by atoms with van der Waals surface area (Å²) < 4.78 is 22.8. The number of nitrogens with two attached hydrogens (primary N) is 4. The zero-order chi connectivity index (χ0) is 30.5. The summed E-state index contributed by atoms with van der Waals surface area (Å²) in [6.07, 6.45) is 2.61. The molecule has 0 bridgehead atoms. The lowest BCUT2D eigenvalue weighted by Gasteiger charge is -2.17. The standard InChI is InChI=1S/C24H30N8O7P2/c1-2-29-24(33)15-11-22(20(25)13-31(27)16-3-7-18(8-4-16)40(34,35)36)30-23(12-15)21(26)14-32(28)17-5-9-19(10-6-17)41(37,38)39/h3-14H,2,25-28H2,1H3,(H,29,33)(H2,34,35,36)(H2,37,38,39)/b20-13-,21-14-. The van der Waals surface area contributed by atoms with E-state index in [9.17, 15) is 33.5 Å². The number of rotatable bonds is 10. The van der Waals surface area contributed by atoms with Crippen molar-refractivity contribution in [2.75, 3.05) is 16.6 Å². The number of benzene rings is 2. The van der Waals surface area contributed by atoms with Gasteiger partial charge >= 0.3 is 15.2 Å². The second kappa shape index (κ2) is 12.6. The number of nitrogens with one attached hydrogen (secondary N) is 1. The number of amides is 1. The third-order valence-corrected chi connectivity index (χ3v) is 7.48. The van der Waals surface area contributed by atoms with Crippen LogP contribution in [0.3, 0.4) is 0 Å². The minimum atomic E-state index is -4.43. The van der Waals surface area contributed by atoms with Gasteiger partial charge in [0, 0.05) is 24.5 Å². The highest BCUT2D eigenvalue weighted by Gasteiger charge is 2.18. The Balaban J connectivity index is 1.96. The van der Waals surface area contributed by atoms with E-state index in [4.69, 9.17) is 23.2 Å². The number of carbonyl (C=O) groups is 1. The fraction of sp³-hybridized carbons (Fsp3) is 0.0833. The molecular formula is C24H30N8O7P2. The summed E-state index contributed by atoms with van der Waals surface area (Å²) in [5, 5.41) is 4.54. The van der Waals surface area contributed by atoms with Crippen molar-refractivity contribution in [1.29, 1.82) is 0 Å². The van der Waals surface area contributed by atoms with Gasteiger partial charge in [-0.15, -0.1) is 0 Å². The summed E-state index contributed by atoms with van der Waals surface area (Å²) in [5.74, 6) is 11.7. The van der Waals surface area contributed by atoms with Crippen molar-refractivity contribution in [2.45, 2.75) is 6.92 Å². The Bertz CT molecular complexity index is 1460. The summed E-state index contributed by atoms with van der Waals surface area (Å²) in [7, 11) is -8.85. The summed E-state index contributed by atoms with van der Waals surface area (Å²) in [5.41, 5.74) is 13.7. The van der Waals surface area contributed by atoms with Crippen LogP contribution in [0.1, 0.15) is 28.7 Å². The Labute approximate surface area is 235 Å². The molecule has 13 N–H and O–H groups in total. The number of anilines is 2. The molecule has 15 nitrogen and oxygen atoms in total. The van der Waals surface area contributed by atoms with Gasteiger partial charge in [-0.05, 0) is 67.6 Å². The van der Waals surface area contributed by atoms with Crippen LogP contribution >= 0.6 is 15.2 Å². The summed E-state index contributed by atoms with van der Waals surface area (Å²) >= 11 is 0. The van der Waals surface area contributed by atoms with E-state index in [2.05, 4.69) is 10.3 Å². The number of hydrazine groups is 2. The van der Waals surface area contributed by atoms with Gasteiger partial charge in [0.25, 0.3) is 5.91 Å². The van der Waals surface area contributed by atoms with E-state index >= 15 is 0 Å². The van der Waals surface area contributed by atoms with Crippen molar-refractivity contribution in [1.82, 2.24) is 10.3 Å². The molecule has 218 valence electrons. The van der Waals surface area contributed by atoms with E-state index in [0.717, 1.165) is 10.0 Å². The number of hydrogen-bond donors (Lipinski definition) is 9. The van der Waals surface area contributed by atoms with Gasteiger partial charge in [-0.25, -0.2) is 16.7 Å². The third-order valence-electron chi connectivity index (χ3n) is 5.54. The predicted molar refractivity (Wildman–Crippen MR) is 156 cm³/mol. The maximum Gasteiger partial charge on any atom is 0.356 e. The SMILES string of the molecule is CCNC(=O)c1cc(/C(N)=C/N(N)c2ccc(P(=O)(O)O)cc2)nc(/C(N)=C/N(N)c2ccc(P(=O)(O)O)cc2)c1. The molecule has 0 aliphatic carbocycles. The molecule has 0 saturated heterocycles. The van der Waals surface area contributed by atoms with Crippen molar-refractivity contribution in [3.8, 4) is 0 Å². The Morgan fingerprint density at radius 2 is 1.17 bits per heavy atom. The lowest BCUT2D eigenvalue weighted by Crippen LogP contribution is -2.27. The lowest BCUT2D eigenvalue weighted by atomic mass is 10.1. The van der Waals surface area contributed by atoms with Crippen LogP contribution in [0.5, 0.6) is 0 Å². The second-order valence-electron chi connectivity index (χ2n) is 8.59. The average Bonchev–Trinajstić information content (AvgIpc) is 2.92. The molecule has 1 amide bonds. The van der Waals surface area contributed by atoms with Crippen LogP contribution in [-0.2, 0) is 9.13 Å². The molecule has 0 spiro atoms. The zero-order valence-electron chi connectivity index (χ0n) is 21.7. The molecule has 0 aliphatic rings. The maximum absolute atomic E-state index is 12.7. The van der Waals surface area contributed by atoms with Gasteiger partial charge in [0.15, 0.2) is 0 Å². The van der Waals surface area contributed by atoms with Crippen LogP contribution in [0.25, 0.3) is 11.4 Å². The molecule has 41 heavy (non-hydrogen) atoms. The monoisotopic (exact) mass is 604 g/mol. The minimum absolute atomic E-state index is 0.0318. The van der Waals surface area contributed by atoms with Crippen molar-refractivity contribution < 1.29 is 33.5 Å². The summed E-state index contributed by atoms with van der Waals surface area (Å²) in [6.45, 7) is 2.10. The Morgan fingerprint density at radius 1 is 0.805 bits per heavy atom. The molecule has 0 radical (unpaired) electrons. The Hall–Kier alpha value is -4.04. The van der Waals surface area contributed by atoms with E-state index in [-0.39, 0.29) is 39.0 Å². The molecule has 1 heterocycles. The number of aromatic nitrogens is 1. The van der Waals surface area contributed by atoms with Gasteiger partial charge in [-0.2, -0.15) is 0 Å². The number of hydrogen-bond acceptors (Lipinski definition) is 10. The molecular weight excluding hydrogens is 574 g/mol. The third kappa shape index (κ3) is 8.24. The smallest absolute Gasteiger partial charge is 0.356 e. The molecule has 0 unspecified atom stereocenters. The summed E-state index contributed by atoms with van der Waals surface area (Å²) in [4.78, 5) is 54.2. The maximum atomic E-state index is 12.7. The molecule has 1 aromatic heterocycles. The molecule has 17 heteroatoms. The van der Waals surface area contributed by atoms with Crippen LogP contribution in [0.2, 0.25) is 0 Å². The molecule has 0 atom stereocenters. The number of nitrogens with zero attached hydrogens (tertiary/aromatic N) is 3. The number of carbonyl (C=O) groups excluding carboxylic acids is 1. The van der Waals surface area contributed by atoms with Crippen molar-refractivity contribution >= 4 is 54.5 Å². The first-order chi connectivity index (χ1) is 19.1. The molecule has 0 aliphatic heterocycles. The van der Waals surface area contributed by atoms with E-state index < -0.39 is 21.1 Å². The molecule has 0 saturated carbocycles. The minimum Gasteiger partial charge on any atom is -0.396 e. The van der Waals surface area contributed by atoms with Gasteiger partial charge in [0.05, 0.1) is 44.8 Å². The second-order valence-corrected chi connectivity index (χ2v) is 11.8. The van der Waals surface area contributed by atoms with Gasteiger partial charge in [-0.1, -0.05) is 0 Å². The Morgan fingerprint density at radius 3 is 1.49 bits per heavy atom. The molecule has 3 rings (SSSR count). The average molecular weight is 605 g/mol. The van der Waals surface area contributed by atoms with Crippen LogP contribution in [-0.4, -0.2) is 37.0 Å². The Kier molecular flexibility index (Phi) is 9.71. The first kappa shape index (κ1) is 31.5. The highest BCUT2D eigenvalue weighted by molar-refractivity contribution is 7.60. The molecule has 3 aromatic rings. The summed E-state index contributed by atoms with van der Waals surface area (Å²) in [6, 6.07) is 13.4. The van der Waals surface area contributed by atoms with E-state index in [1.54, 1.807) is 6.92 Å². The topological polar surface area (TPSA) is 268 Å². The fourth-order valence-corrected chi connectivity index (χ4v) is 4.51. The van der Waals surface area contributed by atoms with Gasteiger partial charge in [0.2, 0.25) is 0 Å². The predicted octanol–water partition coefficient (Wildman–Crippen LogP) is -0.288. The van der Waals surface area contributed by atoms with Gasteiger partial charge in [-0.3, -0.25) is 23.9 Å². The van der Waals surface area contributed by atoms with E-state index in [1.165, 1.54) is 73.1 Å². The van der Waals surface area contributed by atoms with Crippen LogP contribution in [0.15, 0.2) is 73.1 Å². The van der Waals surface area contributed by atoms with Gasteiger partial charge in [0.1, 0.15) is 0 Å². The zero-order valence-corrected chi connectivity index (χ0v) is 23.5. The quantitative estimate of drug-likeness (QED) is 0.0818. The van der Waals surface area contributed by atoms with Crippen LogP contribution in [0, 0.1) is 0 Å². The highest BCUT2D eigenvalue weighted by atomic mass is 31.2. The van der Waals surface area contributed by atoms with Gasteiger partial charge < -0.3 is 36.4 Å². The normalized spacial score (nSPS) is 12.7. The number of pyridine rings is 1. The fourth-order valence-electron chi connectivity index (χ4n) is 3.44. The van der Waals surface area contributed by atoms with Crippen LogP contribution < -0.4 is 49.1 Å². The first-order valence-electron chi connectivity index (χ1n) is 11.8. The largest absolute Gasteiger partial charge is 0.396 e. The van der Waals surface area contributed by atoms with E-state index in [0.29, 0.717) is 17.9 Å². The first-order valence-corrected chi connectivity index (χ1v) is 15.0. The van der Waals surface area contributed by atoms with Crippen molar-refractivity contribution in [3.05, 3.63) is 90.0 Å². The molecule has 2 aromatic carbocycles. The highest BCUT2D eigenvalue weighted by Crippen LogP contribution is 2.34. The molecule has 0 fully saturated rings. The van der Waals surface area contributed by atoms with E-state index in [1.807, 2.05) is 0 Å². The lowest BCUT2D eigenvalue weighted by molar-refractivity contribution is 0.0955. The van der Waals surface area contributed by atoms with Crippen LogP contribution in [0.4, 0.5) is 11.4 Å².